The Morgan fingerprint density at radius 3 is 2.56 bits per heavy atom. The SMILES string of the molecule is Cc1cccc(C(Cl)c2cc(Br)c(C)s2)c1. The normalized spacial score (nSPS) is 12.8. The Morgan fingerprint density at radius 2 is 2.00 bits per heavy atom. The third kappa shape index (κ3) is 2.50. The van der Waals surface area contributed by atoms with Crippen LogP contribution in [0.15, 0.2) is 34.8 Å². The summed E-state index contributed by atoms with van der Waals surface area (Å²) in [5, 5.41) is -0.0464. The third-order valence-electron chi connectivity index (χ3n) is 2.46. The lowest BCUT2D eigenvalue weighted by atomic mass is 10.1. The molecule has 1 aromatic carbocycles. The Bertz CT molecular complexity index is 485. The molecule has 16 heavy (non-hydrogen) atoms. The minimum atomic E-state index is -0.0464. The average Bonchev–Trinajstić information content (AvgIpc) is 2.58. The van der Waals surface area contributed by atoms with Crippen molar-refractivity contribution in [2.24, 2.45) is 0 Å². The summed E-state index contributed by atoms with van der Waals surface area (Å²) in [5.41, 5.74) is 2.41. The van der Waals surface area contributed by atoms with Crippen molar-refractivity contribution < 1.29 is 0 Å². The molecule has 0 saturated carbocycles. The van der Waals surface area contributed by atoms with Gasteiger partial charge >= 0.3 is 0 Å². The van der Waals surface area contributed by atoms with Gasteiger partial charge in [-0.2, -0.15) is 0 Å². The highest BCUT2D eigenvalue weighted by molar-refractivity contribution is 9.10. The van der Waals surface area contributed by atoms with Crippen molar-refractivity contribution in [3.63, 3.8) is 0 Å². The summed E-state index contributed by atoms with van der Waals surface area (Å²) >= 11 is 11.7. The van der Waals surface area contributed by atoms with E-state index in [0.717, 1.165) is 10.0 Å². The molecule has 1 heterocycles. The van der Waals surface area contributed by atoms with E-state index in [9.17, 15) is 0 Å². The van der Waals surface area contributed by atoms with Gasteiger partial charge in [-0.1, -0.05) is 29.8 Å². The zero-order chi connectivity index (χ0) is 11.7. The number of alkyl halides is 1. The molecule has 0 bridgehead atoms. The maximum atomic E-state index is 6.48. The van der Waals surface area contributed by atoms with Crippen LogP contribution in [0, 0.1) is 13.8 Å². The molecule has 0 amide bonds. The second-order valence-corrected chi connectivity index (χ2v) is 6.41. The van der Waals surface area contributed by atoms with Crippen LogP contribution in [0.3, 0.4) is 0 Å². The maximum Gasteiger partial charge on any atom is 0.0928 e. The molecule has 84 valence electrons. The number of hydrogen-bond acceptors (Lipinski definition) is 1. The molecule has 3 heteroatoms. The van der Waals surface area contributed by atoms with Crippen molar-refractivity contribution >= 4 is 38.9 Å². The Morgan fingerprint density at radius 1 is 1.25 bits per heavy atom. The minimum absolute atomic E-state index is 0.0464. The van der Waals surface area contributed by atoms with Crippen LogP contribution >= 0.6 is 38.9 Å². The van der Waals surface area contributed by atoms with Gasteiger partial charge in [-0.25, -0.2) is 0 Å². The van der Waals surface area contributed by atoms with Crippen molar-refractivity contribution in [3.8, 4) is 0 Å². The summed E-state index contributed by atoms with van der Waals surface area (Å²) in [4.78, 5) is 2.46. The van der Waals surface area contributed by atoms with E-state index in [4.69, 9.17) is 11.6 Å². The van der Waals surface area contributed by atoms with Gasteiger partial charge in [0, 0.05) is 14.2 Å². The van der Waals surface area contributed by atoms with Gasteiger partial charge in [0.15, 0.2) is 0 Å². The topological polar surface area (TPSA) is 0 Å². The molecule has 1 atom stereocenters. The second-order valence-electron chi connectivity index (χ2n) is 3.83. The molecular weight excluding hydrogens is 304 g/mol. The largest absolute Gasteiger partial charge is 0.143 e. The molecule has 0 radical (unpaired) electrons. The summed E-state index contributed by atoms with van der Waals surface area (Å²) in [6, 6.07) is 10.5. The molecule has 2 rings (SSSR count). The lowest BCUT2D eigenvalue weighted by molar-refractivity contribution is 1.17. The highest BCUT2D eigenvalue weighted by Crippen LogP contribution is 2.37. The van der Waals surface area contributed by atoms with Gasteiger partial charge in [0.25, 0.3) is 0 Å². The molecule has 1 unspecified atom stereocenters. The van der Waals surface area contributed by atoms with Gasteiger partial charge in [0.2, 0.25) is 0 Å². The smallest absolute Gasteiger partial charge is 0.0928 e. The van der Waals surface area contributed by atoms with Crippen LogP contribution in [-0.2, 0) is 0 Å². The first kappa shape index (κ1) is 12.2. The molecule has 0 spiro atoms. The summed E-state index contributed by atoms with van der Waals surface area (Å²) in [6.07, 6.45) is 0. The Hall–Kier alpha value is -0.310. The molecule has 0 aliphatic carbocycles. The zero-order valence-corrected chi connectivity index (χ0v) is 12.3. The fraction of sp³-hybridized carbons (Fsp3) is 0.231. The van der Waals surface area contributed by atoms with E-state index >= 15 is 0 Å². The standard InChI is InChI=1S/C13H12BrClS/c1-8-4-3-5-10(6-8)13(15)12-7-11(14)9(2)16-12/h3-7,13H,1-2H3. The number of halogens is 2. The molecule has 1 aromatic heterocycles. The highest BCUT2D eigenvalue weighted by Gasteiger charge is 2.14. The lowest BCUT2D eigenvalue weighted by Gasteiger charge is -2.08. The van der Waals surface area contributed by atoms with E-state index in [1.807, 2.05) is 0 Å². The second kappa shape index (κ2) is 4.91. The van der Waals surface area contributed by atoms with Crippen LogP contribution in [0.2, 0.25) is 0 Å². The van der Waals surface area contributed by atoms with E-state index in [2.05, 4.69) is 60.1 Å². The van der Waals surface area contributed by atoms with Crippen LogP contribution in [-0.4, -0.2) is 0 Å². The van der Waals surface area contributed by atoms with Gasteiger partial charge in [-0.3, -0.25) is 0 Å². The van der Waals surface area contributed by atoms with E-state index in [0.29, 0.717) is 0 Å². The van der Waals surface area contributed by atoms with Crippen LogP contribution in [0.1, 0.15) is 26.3 Å². The Labute approximate surface area is 113 Å². The lowest BCUT2D eigenvalue weighted by Crippen LogP contribution is -1.90. The van der Waals surface area contributed by atoms with Gasteiger partial charge in [-0.05, 0) is 41.4 Å². The predicted molar refractivity (Wildman–Crippen MR) is 75.6 cm³/mol. The number of aryl methyl sites for hydroxylation is 2. The van der Waals surface area contributed by atoms with Crippen LogP contribution < -0.4 is 0 Å². The van der Waals surface area contributed by atoms with Gasteiger partial charge in [-0.15, -0.1) is 22.9 Å². The van der Waals surface area contributed by atoms with Crippen LogP contribution in [0.4, 0.5) is 0 Å². The summed E-state index contributed by atoms with van der Waals surface area (Å²) in [5.74, 6) is 0. The van der Waals surface area contributed by atoms with E-state index < -0.39 is 0 Å². The van der Waals surface area contributed by atoms with Crippen LogP contribution in [0.5, 0.6) is 0 Å². The van der Waals surface area contributed by atoms with Crippen molar-refractivity contribution in [2.75, 3.05) is 0 Å². The Kier molecular flexibility index (Phi) is 3.73. The fourth-order valence-corrected chi connectivity index (χ4v) is 3.50. The molecule has 0 aliphatic heterocycles. The van der Waals surface area contributed by atoms with Crippen molar-refractivity contribution in [1.82, 2.24) is 0 Å². The van der Waals surface area contributed by atoms with Crippen LogP contribution in [0.25, 0.3) is 0 Å². The number of benzene rings is 1. The third-order valence-corrected chi connectivity index (χ3v) is 5.28. The van der Waals surface area contributed by atoms with E-state index in [1.165, 1.54) is 15.3 Å². The van der Waals surface area contributed by atoms with Crippen molar-refractivity contribution in [2.45, 2.75) is 19.2 Å². The maximum absolute atomic E-state index is 6.48. The first-order valence-corrected chi connectivity index (χ1v) is 7.09. The first-order chi connectivity index (χ1) is 7.58. The predicted octanol–water partition coefficient (Wildman–Crippen LogP) is 5.46. The molecule has 2 aromatic rings. The fourth-order valence-electron chi connectivity index (χ4n) is 1.60. The molecule has 0 N–H and O–H groups in total. The molecule has 0 fully saturated rings. The first-order valence-electron chi connectivity index (χ1n) is 5.04. The zero-order valence-electron chi connectivity index (χ0n) is 9.13. The Balaban J connectivity index is 2.35. The van der Waals surface area contributed by atoms with Crippen molar-refractivity contribution in [1.29, 1.82) is 0 Å². The minimum Gasteiger partial charge on any atom is -0.143 e. The number of hydrogen-bond donors (Lipinski definition) is 0. The molecule has 0 saturated heterocycles. The molecular formula is C13H12BrClS. The number of rotatable bonds is 2. The molecule has 0 nitrogen and oxygen atoms in total. The summed E-state index contributed by atoms with van der Waals surface area (Å²) in [7, 11) is 0. The number of thiophene rings is 1. The summed E-state index contributed by atoms with van der Waals surface area (Å²) < 4.78 is 1.14. The van der Waals surface area contributed by atoms with E-state index in [1.54, 1.807) is 11.3 Å². The monoisotopic (exact) mass is 314 g/mol. The van der Waals surface area contributed by atoms with Gasteiger partial charge in [0.1, 0.15) is 0 Å². The van der Waals surface area contributed by atoms with Gasteiger partial charge < -0.3 is 0 Å². The molecule has 0 aliphatic rings. The van der Waals surface area contributed by atoms with E-state index in [-0.39, 0.29) is 5.38 Å². The highest BCUT2D eigenvalue weighted by atomic mass is 79.9. The van der Waals surface area contributed by atoms with Crippen molar-refractivity contribution in [3.05, 3.63) is 55.7 Å². The average molecular weight is 316 g/mol. The summed E-state index contributed by atoms with van der Waals surface area (Å²) in [6.45, 7) is 4.18. The van der Waals surface area contributed by atoms with Gasteiger partial charge in [0.05, 0.1) is 5.38 Å². The quantitative estimate of drug-likeness (QED) is 0.646.